The first kappa shape index (κ1) is 8.69. The molecule has 13 heavy (non-hydrogen) atoms. The molecule has 0 aromatic carbocycles. The Morgan fingerprint density at radius 1 is 1.38 bits per heavy atom. The molecule has 4 nitrogen and oxygen atoms in total. The van der Waals surface area contributed by atoms with Gasteiger partial charge < -0.3 is 5.32 Å². The van der Waals surface area contributed by atoms with Crippen LogP contribution in [0.3, 0.4) is 0 Å². The summed E-state index contributed by atoms with van der Waals surface area (Å²) in [6, 6.07) is 0. The minimum absolute atomic E-state index is 0.0413. The Bertz CT molecular complexity index is 308. The van der Waals surface area contributed by atoms with Crippen molar-refractivity contribution in [2.45, 2.75) is 39.3 Å². The summed E-state index contributed by atoms with van der Waals surface area (Å²) in [5.41, 5.74) is 2.45. The van der Waals surface area contributed by atoms with Crippen LogP contribution in [0.2, 0.25) is 0 Å². The van der Waals surface area contributed by atoms with Gasteiger partial charge >= 0.3 is 0 Å². The molecule has 0 spiro atoms. The molecule has 1 aliphatic rings. The maximum absolute atomic E-state index is 4.20. The van der Waals surface area contributed by atoms with Crippen LogP contribution in [0.25, 0.3) is 0 Å². The van der Waals surface area contributed by atoms with Crippen molar-refractivity contribution < 1.29 is 0 Å². The normalized spacial score (nSPS) is 17.2. The summed E-state index contributed by atoms with van der Waals surface area (Å²) in [6.07, 6.45) is 1.01. The lowest BCUT2D eigenvalue weighted by atomic mass is 10.1. The van der Waals surface area contributed by atoms with E-state index in [9.17, 15) is 0 Å². The highest BCUT2D eigenvalue weighted by Gasteiger charge is 2.23. The Kier molecular flexibility index (Phi) is 1.87. The van der Waals surface area contributed by atoms with Gasteiger partial charge in [0.25, 0.3) is 0 Å². The van der Waals surface area contributed by atoms with Crippen LogP contribution in [0.5, 0.6) is 0 Å². The summed E-state index contributed by atoms with van der Waals surface area (Å²) >= 11 is 0. The number of nitrogens with one attached hydrogen (secondary N) is 1. The molecule has 1 N–H and O–H groups in total. The van der Waals surface area contributed by atoms with Gasteiger partial charge in [0.1, 0.15) is 0 Å². The second-order valence-electron chi connectivity index (χ2n) is 4.49. The number of hydrogen-bond acceptors (Lipinski definition) is 3. The molecular formula is C9H16N4. The van der Waals surface area contributed by atoms with E-state index in [2.05, 4.69) is 36.4 Å². The summed E-state index contributed by atoms with van der Waals surface area (Å²) < 4.78 is 2.02. The van der Waals surface area contributed by atoms with Crippen molar-refractivity contribution in [2.24, 2.45) is 0 Å². The van der Waals surface area contributed by atoms with Crippen molar-refractivity contribution in [3.8, 4) is 0 Å². The number of rotatable bonds is 0. The van der Waals surface area contributed by atoms with Gasteiger partial charge in [-0.05, 0) is 20.8 Å². The molecular weight excluding hydrogens is 164 g/mol. The number of nitrogens with zero attached hydrogens (tertiary/aromatic N) is 3. The van der Waals surface area contributed by atoms with Gasteiger partial charge in [-0.25, -0.2) is 4.68 Å². The van der Waals surface area contributed by atoms with Gasteiger partial charge in [-0.15, -0.1) is 5.10 Å². The van der Waals surface area contributed by atoms with Crippen molar-refractivity contribution in [1.29, 1.82) is 0 Å². The second kappa shape index (κ2) is 2.80. The average molecular weight is 180 g/mol. The largest absolute Gasteiger partial charge is 0.311 e. The highest BCUT2D eigenvalue weighted by atomic mass is 15.5. The topological polar surface area (TPSA) is 42.7 Å². The summed E-state index contributed by atoms with van der Waals surface area (Å²) in [5.74, 6) is 0. The molecule has 0 atom stereocenters. The fraction of sp³-hybridized carbons (Fsp3) is 0.778. The third-order valence-electron chi connectivity index (χ3n) is 2.31. The highest BCUT2D eigenvalue weighted by Crippen LogP contribution is 2.19. The first-order valence-electron chi connectivity index (χ1n) is 4.74. The molecule has 0 fully saturated rings. The highest BCUT2D eigenvalue weighted by molar-refractivity contribution is 5.14. The van der Waals surface area contributed by atoms with Crippen molar-refractivity contribution in [2.75, 3.05) is 6.54 Å². The molecule has 2 heterocycles. The minimum Gasteiger partial charge on any atom is -0.311 e. The van der Waals surface area contributed by atoms with E-state index < -0.39 is 0 Å². The van der Waals surface area contributed by atoms with Crippen LogP contribution in [0.1, 0.15) is 32.2 Å². The first-order valence-corrected chi connectivity index (χ1v) is 4.74. The summed E-state index contributed by atoms with van der Waals surface area (Å²) in [7, 11) is 0. The first-order chi connectivity index (χ1) is 6.09. The molecule has 1 aromatic heterocycles. The van der Waals surface area contributed by atoms with E-state index in [1.807, 2.05) is 4.68 Å². The monoisotopic (exact) mass is 180 g/mol. The number of hydrogen-bond donors (Lipinski definition) is 1. The van der Waals surface area contributed by atoms with Crippen LogP contribution in [-0.2, 0) is 18.5 Å². The van der Waals surface area contributed by atoms with Gasteiger partial charge in [0.15, 0.2) is 0 Å². The predicted octanol–water partition coefficient (Wildman–Crippen LogP) is 0.679. The van der Waals surface area contributed by atoms with E-state index in [1.54, 1.807) is 0 Å². The predicted molar refractivity (Wildman–Crippen MR) is 50.4 cm³/mol. The Hall–Kier alpha value is -0.900. The second-order valence-corrected chi connectivity index (χ2v) is 4.49. The molecule has 0 aliphatic carbocycles. The van der Waals surface area contributed by atoms with Gasteiger partial charge in [0.2, 0.25) is 0 Å². The zero-order chi connectivity index (χ0) is 9.47. The van der Waals surface area contributed by atoms with Crippen LogP contribution in [0, 0.1) is 0 Å². The quantitative estimate of drug-likeness (QED) is 0.638. The Morgan fingerprint density at radius 2 is 2.15 bits per heavy atom. The van der Waals surface area contributed by atoms with E-state index in [4.69, 9.17) is 0 Å². The lowest BCUT2D eigenvalue weighted by Crippen LogP contribution is -2.31. The van der Waals surface area contributed by atoms with Crippen LogP contribution >= 0.6 is 0 Å². The van der Waals surface area contributed by atoms with Gasteiger partial charge in [-0.1, -0.05) is 5.21 Å². The Morgan fingerprint density at radius 3 is 2.85 bits per heavy atom. The molecule has 0 saturated heterocycles. The van der Waals surface area contributed by atoms with Crippen LogP contribution in [0.15, 0.2) is 0 Å². The lowest BCUT2D eigenvalue weighted by molar-refractivity contribution is 0.331. The minimum atomic E-state index is 0.0413. The zero-order valence-corrected chi connectivity index (χ0v) is 8.46. The van der Waals surface area contributed by atoms with Crippen molar-refractivity contribution in [3.63, 3.8) is 0 Å². The maximum atomic E-state index is 4.20. The van der Waals surface area contributed by atoms with Crippen molar-refractivity contribution >= 4 is 0 Å². The summed E-state index contributed by atoms with van der Waals surface area (Å²) in [4.78, 5) is 0. The fourth-order valence-electron chi connectivity index (χ4n) is 1.66. The molecule has 0 bridgehead atoms. The number of fused-ring (bicyclic) bond motifs is 1. The number of aromatic nitrogens is 3. The van der Waals surface area contributed by atoms with Gasteiger partial charge in [-0.2, -0.15) is 0 Å². The molecule has 0 unspecified atom stereocenters. The van der Waals surface area contributed by atoms with E-state index >= 15 is 0 Å². The van der Waals surface area contributed by atoms with E-state index in [0.717, 1.165) is 25.2 Å². The molecule has 2 rings (SSSR count). The molecule has 0 radical (unpaired) electrons. The van der Waals surface area contributed by atoms with Crippen LogP contribution < -0.4 is 5.32 Å². The van der Waals surface area contributed by atoms with E-state index in [-0.39, 0.29) is 5.54 Å². The summed E-state index contributed by atoms with van der Waals surface area (Å²) in [6.45, 7) is 8.37. The van der Waals surface area contributed by atoms with Crippen LogP contribution in [0.4, 0.5) is 0 Å². The summed E-state index contributed by atoms with van der Waals surface area (Å²) in [5, 5.41) is 11.7. The standard InChI is InChI=1S/C9H16N4/c1-9(2,3)13-8-6-10-5-4-7(8)11-12-13/h10H,4-6H2,1-3H3. The zero-order valence-electron chi connectivity index (χ0n) is 8.46. The van der Waals surface area contributed by atoms with E-state index in [0.29, 0.717) is 0 Å². The fourth-order valence-corrected chi connectivity index (χ4v) is 1.66. The van der Waals surface area contributed by atoms with Crippen LogP contribution in [-0.4, -0.2) is 21.5 Å². The molecule has 1 aliphatic heterocycles. The molecule has 0 saturated carbocycles. The van der Waals surface area contributed by atoms with E-state index in [1.165, 1.54) is 5.69 Å². The van der Waals surface area contributed by atoms with Gasteiger partial charge in [0, 0.05) is 19.5 Å². The molecule has 1 aromatic rings. The molecule has 4 heteroatoms. The maximum Gasteiger partial charge on any atom is 0.0885 e. The van der Waals surface area contributed by atoms with Gasteiger partial charge in [0.05, 0.1) is 16.9 Å². The van der Waals surface area contributed by atoms with Crippen molar-refractivity contribution in [3.05, 3.63) is 11.4 Å². The third-order valence-corrected chi connectivity index (χ3v) is 2.31. The Balaban J connectivity index is 2.43. The smallest absolute Gasteiger partial charge is 0.0885 e. The SMILES string of the molecule is CC(C)(C)n1nnc2c1CNCC2. The molecule has 0 amide bonds. The third kappa shape index (κ3) is 1.46. The molecule has 72 valence electrons. The average Bonchev–Trinajstić information content (AvgIpc) is 2.45. The van der Waals surface area contributed by atoms with Gasteiger partial charge in [-0.3, -0.25) is 0 Å². The van der Waals surface area contributed by atoms with Crippen molar-refractivity contribution in [1.82, 2.24) is 20.3 Å². The Labute approximate surface area is 78.3 Å². The lowest BCUT2D eigenvalue weighted by Gasteiger charge is -2.23.